The van der Waals surface area contributed by atoms with Crippen molar-refractivity contribution in [1.29, 1.82) is 0 Å². The minimum Gasteiger partial charge on any atom is -0.497 e. The largest absolute Gasteiger partial charge is 0.497 e. The van der Waals surface area contributed by atoms with Gasteiger partial charge in [0.05, 0.1) is 62.5 Å². The Kier molecular flexibility index (Phi) is 9.81. The molecular formula is C22H9N9O20. The molecule has 262 valence electrons. The standard InChI is InChI=1S/C22H9N9O20/c32-21-16(27(42)43)6-14(25(38)39)10(19(21)30(48)49)3-1-8-12(23(34)35)5-13(24(36)37)9(18(8)29(46)47)2-4-11-15(26(40)41)7-17(28(44)45)22(33)20(11)31(50)51/h1-7,32-33H/b3-1+,4-2+. The van der Waals surface area contributed by atoms with Crippen LogP contribution in [-0.4, -0.2) is 54.5 Å². The van der Waals surface area contributed by atoms with E-state index in [0.717, 1.165) is 0 Å². The van der Waals surface area contributed by atoms with E-state index >= 15 is 0 Å². The molecule has 29 nitrogen and oxygen atoms in total. The number of hydrogen-bond acceptors (Lipinski definition) is 20. The Bertz CT molecular complexity index is 2100. The molecule has 3 aromatic rings. The fraction of sp³-hybridized carbons (Fsp3) is 0. The minimum atomic E-state index is -1.76. The van der Waals surface area contributed by atoms with Gasteiger partial charge in [-0.2, -0.15) is 0 Å². The van der Waals surface area contributed by atoms with Crippen LogP contribution in [0.15, 0.2) is 18.2 Å². The summed E-state index contributed by atoms with van der Waals surface area (Å²) in [4.78, 5) is 91.9. The van der Waals surface area contributed by atoms with Gasteiger partial charge in [0.2, 0.25) is 0 Å². The maximum absolute atomic E-state index is 12.3. The lowest BCUT2D eigenvalue weighted by Gasteiger charge is -2.07. The van der Waals surface area contributed by atoms with Crippen LogP contribution in [-0.2, 0) is 0 Å². The molecule has 0 heterocycles. The quantitative estimate of drug-likeness (QED) is 0.138. The van der Waals surface area contributed by atoms with Crippen molar-refractivity contribution in [2.75, 3.05) is 0 Å². The van der Waals surface area contributed by atoms with E-state index in [4.69, 9.17) is 0 Å². The Balaban J connectivity index is 2.57. The molecule has 2 N–H and O–H groups in total. The van der Waals surface area contributed by atoms with Gasteiger partial charge in [-0.15, -0.1) is 0 Å². The van der Waals surface area contributed by atoms with E-state index in [1.54, 1.807) is 0 Å². The monoisotopic (exact) mass is 719 g/mol. The molecule has 3 aromatic carbocycles. The van der Waals surface area contributed by atoms with Gasteiger partial charge in [-0.1, -0.05) is 0 Å². The lowest BCUT2D eigenvalue weighted by Crippen LogP contribution is -2.05. The van der Waals surface area contributed by atoms with E-state index in [0.29, 0.717) is 0 Å². The third-order valence-corrected chi connectivity index (χ3v) is 6.44. The molecule has 0 radical (unpaired) electrons. The Morgan fingerprint density at radius 2 is 0.529 bits per heavy atom. The number of nitro groups is 9. The second-order valence-corrected chi connectivity index (χ2v) is 9.12. The van der Waals surface area contributed by atoms with Crippen LogP contribution >= 0.6 is 0 Å². The summed E-state index contributed by atoms with van der Waals surface area (Å²) >= 11 is 0. The first kappa shape index (κ1) is 36.8. The van der Waals surface area contributed by atoms with Gasteiger partial charge < -0.3 is 10.2 Å². The van der Waals surface area contributed by atoms with Crippen molar-refractivity contribution in [3.8, 4) is 11.5 Å². The number of nitro benzene ring substituents is 9. The van der Waals surface area contributed by atoms with E-state index in [1.165, 1.54) is 0 Å². The van der Waals surface area contributed by atoms with E-state index in [9.17, 15) is 101 Å². The highest BCUT2D eigenvalue weighted by Crippen LogP contribution is 2.48. The number of benzene rings is 3. The summed E-state index contributed by atoms with van der Waals surface area (Å²) in [5.74, 6) is -3.53. The smallest absolute Gasteiger partial charge is 0.332 e. The molecule has 0 aliphatic rings. The Morgan fingerprint density at radius 3 is 0.725 bits per heavy atom. The molecule has 0 aliphatic carbocycles. The fourth-order valence-corrected chi connectivity index (χ4v) is 4.40. The van der Waals surface area contributed by atoms with Gasteiger partial charge in [-0.3, -0.25) is 91.0 Å². The van der Waals surface area contributed by atoms with Gasteiger partial charge >= 0.3 is 22.7 Å². The van der Waals surface area contributed by atoms with Gasteiger partial charge in [0.25, 0.3) is 39.9 Å². The molecule has 0 saturated heterocycles. The molecule has 29 heteroatoms. The summed E-state index contributed by atoms with van der Waals surface area (Å²) in [6, 6.07) is 0.112. The molecule has 0 unspecified atom stereocenters. The molecule has 51 heavy (non-hydrogen) atoms. The van der Waals surface area contributed by atoms with Gasteiger partial charge in [0.1, 0.15) is 22.3 Å². The van der Waals surface area contributed by atoms with Crippen molar-refractivity contribution in [2.24, 2.45) is 0 Å². The second-order valence-electron chi connectivity index (χ2n) is 9.12. The van der Waals surface area contributed by atoms with Crippen molar-refractivity contribution < 1.29 is 54.5 Å². The van der Waals surface area contributed by atoms with E-state index < -0.39 is 129 Å². The zero-order valence-electron chi connectivity index (χ0n) is 23.8. The normalized spacial score (nSPS) is 11.0. The predicted octanol–water partition coefficient (Wildman–Crippen LogP) is 4.61. The molecule has 0 aromatic heterocycles. The molecule has 0 atom stereocenters. The molecule has 0 fully saturated rings. The van der Waals surface area contributed by atoms with Gasteiger partial charge in [-0.25, -0.2) is 0 Å². The van der Waals surface area contributed by atoms with Gasteiger partial charge in [-0.05, 0) is 24.3 Å². The topological polar surface area (TPSA) is 429 Å². The summed E-state index contributed by atoms with van der Waals surface area (Å²) in [5.41, 5.74) is -19.7. The first-order valence-electron chi connectivity index (χ1n) is 12.3. The third-order valence-electron chi connectivity index (χ3n) is 6.44. The summed E-state index contributed by atoms with van der Waals surface area (Å²) in [5, 5.41) is 126. The van der Waals surface area contributed by atoms with Crippen LogP contribution in [0.5, 0.6) is 11.5 Å². The number of phenols is 2. The zero-order valence-corrected chi connectivity index (χ0v) is 23.8. The highest BCUT2D eigenvalue weighted by atomic mass is 16.7. The van der Waals surface area contributed by atoms with Gasteiger partial charge in [0.15, 0.2) is 0 Å². The van der Waals surface area contributed by atoms with Crippen LogP contribution in [0.2, 0.25) is 0 Å². The molecular weight excluding hydrogens is 710 g/mol. The van der Waals surface area contributed by atoms with Crippen molar-refractivity contribution >= 4 is 75.5 Å². The lowest BCUT2D eigenvalue weighted by atomic mass is 9.98. The lowest BCUT2D eigenvalue weighted by molar-refractivity contribution is -0.405. The van der Waals surface area contributed by atoms with E-state index in [1.807, 2.05) is 0 Å². The highest BCUT2D eigenvalue weighted by Gasteiger charge is 2.39. The molecule has 0 aliphatic heterocycles. The number of nitrogens with zero attached hydrogens (tertiary/aromatic N) is 9. The summed E-state index contributed by atoms with van der Waals surface area (Å²) in [7, 11) is 0. The minimum absolute atomic E-state index is 0.0360. The number of rotatable bonds is 13. The van der Waals surface area contributed by atoms with Crippen LogP contribution in [0.4, 0.5) is 51.2 Å². The maximum Gasteiger partial charge on any atom is 0.332 e. The molecule has 0 saturated carbocycles. The average molecular weight is 719 g/mol. The Morgan fingerprint density at radius 1 is 0.333 bits per heavy atom. The Labute approximate surface area is 273 Å². The third kappa shape index (κ3) is 6.75. The maximum atomic E-state index is 12.3. The summed E-state index contributed by atoms with van der Waals surface area (Å²) in [6.07, 6.45) is 0.720. The molecule has 0 spiro atoms. The summed E-state index contributed by atoms with van der Waals surface area (Å²) < 4.78 is 0. The first-order valence-corrected chi connectivity index (χ1v) is 12.3. The average Bonchev–Trinajstić information content (AvgIpc) is 3.00. The molecule has 3 rings (SSSR count). The fourth-order valence-electron chi connectivity index (χ4n) is 4.40. The van der Waals surface area contributed by atoms with Crippen molar-refractivity contribution in [3.05, 3.63) is 131 Å². The number of hydrogen-bond donors (Lipinski definition) is 2. The van der Waals surface area contributed by atoms with Crippen LogP contribution in [0.25, 0.3) is 24.3 Å². The predicted molar refractivity (Wildman–Crippen MR) is 160 cm³/mol. The van der Waals surface area contributed by atoms with Gasteiger partial charge in [0, 0.05) is 0 Å². The Hall–Kier alpha value is -8.66. The van der Waals surface area contributed by atoms with Crippen LogP contribution in [0.1, 0.15) is 22.3 Å². The van der Waals surface area contributed by atoms with E-state index in [2.05, 4.69) is 0 Å². The molecule has 0 bridgehead atoms. The summed E-state index contributed by atoms with van der Waals surface area (Å²) in [6.45, 7) is 0. The van der Waals surface area contributed by atoms with Crippen LogP contribution < -0.4 is 0 Å². The zero-order chi connectivity index (χ0) is 38.8. The first-order chi connectivity index (χ1) is 23.6. The second kappa shape index (κ2) is 13.6. The SMILES string of the molecule is O=[N+]([O-])c1cc([N+](=O)[O-])c(/C=C/c2c([N+](=O)[O-])cc([N+](=O)[O-])c(/C=C/c3c([N+](=O)[O-])cc([N+](=O)[O-])c(O)c3[N+](=O)[O-])c2[N+](=O)[O-])c([N+](=O)[O-])c1O. The highest BCUT2D eigenvalue weighted by molar-refractivity contribution is 5.94. The molecule has 0 amide bonds. The van der Waals surface area contributed by atoms with Crippen molar-refractivity contribution in [2.45, 2.75) is 0 Å². The number of phenolic OH excluding ortho intramolecular Hbond substituents is 2. The van der Waals surface area contributed by atoms with Crippen molar-refractivity contribution in [3.63, 3.8) is 0 Å². The van der Waals surface area contributed by atoms with E-state index in [-0.39, 0.29) is 42.5 Å². The number of aromatic hydroxyl groups is 2. The van der Waals surface area contributed by atoms with Crippen LogP contribution in [0.3, 0.4) is 0 Å². The van der Waals surface area contributed by atoms with Crippen molar-refractivity contribution in [1.82, 2.24) is 0 Å². The van der Waals surface area contributed by atoms with Crippen LogP contribution in [0, 0.1) is 91.0 Å².